The number of aryl methyl sites for hydroxylation is 2. The van der Waals surface area contributed by atoms with E-state index in [1.54, 1.807) is 0 Å². The summed E-state index contributed by atoms with van der Waals surface area (Å²) in [7, 11) is 0. The Morgan fingerprint density at radius 2 is 1.91 bits per heavy atom. The topological polar surface area (TPSA) is 32.3 Å². The summed E-state index contributed by atoms with van der Waals surface area (Å²) >= 11 is 0. The average molecular weight is 300 g/mol. The molecule has 2 aliphatic rings. The molecule has 22 heavy (non-hydrogen) atoms. The standard InChI is InChI=1S/C19H28N2O/c1-15-4-2-3-5-17(15)8-9-19(22)21-12-10-18(11-13-21)20-14-16-6-7-16/h2-5,16,18,20H,6-14H2,1H3. The van der Waals surface area contributed by atoms with Gasteiger partial charge in [-0.25, -0.2) is 0 Å². The SMILES string of the molecule is Cc1ccccc1CCC(=O)N1CCC(NCC2CC2)CC1. The van der Waals surface area contributed by atoms with Gasteiger partial charge in [-0.1, -0.05) is 24.3 Å². The van der Waals surface area contributed by atoms with E-state index in [9.17, 15) is 4.79 Å². The van der Waals surface area contributed by atoms with Crippen LogP contribution in [-0.2, 0) is 11.2 Å². The van der Waals surface area contributed by atoms with Gasteiger partial charge in [0.05, 0.1) is 0 Å². The zero-order chi connectivity index (χ0) is 15.4. The third kappa shape index (κ3) is 4.33. The lowest BCUT2D eigenvalue weighted by molar-refractivity contribution is -0.132. The van der Waals surface area contributed by atoms with Gasteiger partial charge in [-0.2, -0.15) is 0 Å². The van der Waals surface area contributed by atoms with Gasteiger partial charge in [0.15, 0.2) is 0 Å². The van der Waals surface area contributed by atoms with Gasteiger partial charge >= 0.3 is 0 Å². The molecule has 1 aliphatic heterocycles. The van der Waals surface area contributed by atoms with Crippen molar-refractivity contribution in [2.45, 2.75) is 51.5 Å². The van der Waals surface area contributed by atoms with Gasteiger partial charge in [-0.15, -0.1) is 0 Å². The first-order valence-electron chi connectivity index (χ1n) is 8.78. The number of benzene rings is 1. The Kier molecular flexibility index (Phi) is 5.14. The summed E-state index contributed by atoms with van der Waals surface area (Å²) in [5, 5.41) is 3.67. The number of carbonyl (C=O) groups is 1. The van der Waals surface area contributed by atoms with Crippen molar-refractivity contribution in [3.05, 3.63) is 35.4 Å². The summed E-state index contributed by atoms with van der Waals surface area (Å²) in [6, 6.07) is 9.00. The fourth-order valence-electron chi connectivity index (χ4n) is 3.28. The molecule has 2 fully saturated rings. The van der Waals surface area contributed by atoms with Crippen LogP contribution in [0.5, 0.6) is 0 Å². The number of nitrogens with one attached hydrogen (secondary N) is 1. The van der Waals surface area contributed by atoms with Crippen LogP contribution in [0.3, 0.4) is 0 Å². The number of rotatable bonds is 6. The van der Waals surface area contributed by atoms with Gasteiger partial charge in [0.25, 0.3) is 0 Å². The lowest BCUT2D eigenvalue weighted by atomic mass is 10.0. The Labute approximate surface area is 134 Å². The molecule has 0 aromatic heterocycles. The van der Waals surface area contributed by atoms with E-state index < -0.39 is 0 Å². The largest absolute Gasteiger partial charge is 0.343 e. The van der Waals surface area contributed by atoms with E-state index in [-0.39, 0.29) is 0 Å². The van der Waals surface area contributed by atoms with Crippen molar-refractivity contribution in [1.29, 1.82) is 0 Å². The third-order valence-corrected chi connectivity index (χ3v) is 5.11. The lowest BCUT2D eigenvalue weighted by Crippen LogP contribution is -2.45. The average Bonchev–Trinajstić information content (AvgIpc) is 3.37. The van der Waals surface area contributed by atoms with Gasteiger partial charge in [-0.05, 0) is 62.6 Å². The molecule has 3 heteroatoms. The molecular formula is C19H28N2O. The highest BCUT2D eigenvalue weighted by Gasteiger charge is 2.25. The first-order valence-corrected chi connectivity index (χ1v) is 8.78. The third-order valence-electron chi connectivity index (χ3n) is 5.11. The van der Waals surface area contributed by atoms with Crippen LogP contribution in [0.15, 0.2) is 24.3 Å². The summed E-state index contributed by atoms with van der Waals surface area (Å²) in [4.78, 5) is 14.4. The molecule has 1 amide bonds. The van der Waals surface area contributed by atoms with Crippen LogP contribution in [0.2, 0.25) is 0 Å². The molecule has 0 radical (unpaired) electrons. The highest BCUT2D eigenvalue weighted by atomic mass is 16.2. The number of nitrogens with zero attached hydrogens (tertiary/aromatic N) is 1. The van der Waals surface area contributed by atoms with Crippen LogP contribution < -0.4 is 5.32 Å². The maximum atomic E-state index is 12.4. The molecule has 0 unspecified atom stereocenters. The summed E-state index contributed by atoms with van der Waals surface area (Å²) in [5.41, 5.74) is 2.59. The zero-order valence-electron chi connectivity index (χ0n) is 13.7. The predicted octanol–water partition coefficient (Wildman–Crippen LogP) is 2.92. The molecule has 3 nitrogen and oxygen atoms in total. The molecule has 1 heterocycles. The smallest absolute Gasteiger partial charge is 0.222 e. The lowest BCUT2D eigenvalue weighted by Gasteiger charge is -2.32. The molecule has 0 atom stereocenters. The van der Waals surface area contributed by atoms with Gasteiger partial charge in [0.2, 0.25) is 5.91 Å². The normalized spacial score (nSPS) is 19.4. The highest BCUT2D eigenvalue weighted by molar-refractivity contribution is 5.76. The Balaban J connectivity index is 1.39. The first kappa shape index (κ1) is 15.5. The van der Waals surface area contributed by atoms with Crippen LogP contribution >= 0.6 is 0 Å². The molecule has 1 aliphatic carbocycles. The second kappa shape index (κ2) is 7.28. The quantitative estimate of drug-likeness (QED) is 0.876. The van der Waals surface area contributed by atoms with Crippen LogP contribution in [0.1, 0.15) is 43.2 Å². The first-order chi connectivity index (χ1) is 10.7. The van der Waals surface area contributed by atoms with E-state index in [0.29, 0.717) is 18.4 Å². The molecule has 1 aromatic carbocycles. The molecular weight excluding hydrogens is 272 g/mol. The number of hydrogen-bond acceptors (Lipinski definition) is 2. The van der Waals surface area contributed by atoms with Gasteiger partial charge in [0.1, 0.15) is 0 Å². The Bertz CT molecular complexity index is 502. The van der Waals surface area contributed by atoms with E-state index >= 15 is 0 Å². The van der Waals surface area contributed by atoms with Crippen LogP contribution in [0, 0.1) is 12.8 Å². The van der Waals surface area contributed by atoms with E-state index in [1.807, 2.05) is 0 Å². The van der Waals surface area contributed by atoms with E-state index in [0.717, 1.165) is 38.3 Å². The maximum absolute atomic E-state index is 12.4. The molecule has 0 bridgehead atoms. The molecule has 120 valence electrons. The molecule has 1 N–H and O–H groups in total. The van der Waals surface area contributed by atoms with Crippen molar-refractivity contribution in [2.75, 3.05) is 19.6 Å². The van der Waals surface area contributed by atoms with E-state index in [1.165, 1.54) is 30.5 Å². The van der Waals surface area contributed by atoms with Crippen LogP contribution in [-0.4, -0.2) is 36.5 Å². The van der Waals surface area contributed by atoms with Crippen molar-refractivity contribution in [3.8, 4) is 0 Å². The minimum Gasteiger partial charge on any atom is -0.343 e. The Morgan fingerprint density at radius 3 is 2.59 bits per heavy atom. The van der Waals surface area contributed by atoms with Crippen LogP contribution in [0.25, 0.3) is 0 Å². The van der Waals surface area contributed by atoms with Gasteiger partial charge in [0, 0.05) is 25.6 Å². The number of hydrogen-bond donors (Lipinski definition) is 1. The molecule has 0 spiro atoms. The minimum absolute atomic E-state index is 0.323. The maximum Gasteiger partial charge on any atom is 0.222 e. The van der Waals surface area contributed by atoms with E-state index in [4.69, 9.17) is 0 Å². The van der Waals surface area contributed by atoms with Crippen molar-refractivity contribution in [3.63, 3.8) is 0 Å². The molecule has 1 saturated carbocycles. The van der Waals surface area contributed by atoms with Crippen molar-refractivity contribution < 1.29 is 4.79 Å². The second-order valence-corrected chi connectivity index (χ2v) is 6.93. The Hall–Kier alpha value is -1.35. The van der Waals surface area contributed by atoms with Crippen molar-refractivity contribution in [2.24, 2.45) is 5.92 Å². The predicted molar refractivity (Wildman–Crippen MR) is 89.8 cm³/mol. The summed E-state index contributed by atoms with van der Waals surface area (Å²) < 4.78 is 0. The zero-order valence-corrected chi connectivity index (χ0v) is 13.7. The fraction of sp³-hybridized carbons (Fsp3) is 0.632. The minimum atomic E-state index is 0.323. The summed E-state index contributed by atoms with van der Waals surface area (Å²) in [6.07, 6.45) is 6.55. The fourth-order valence-corrected chi connectivity index (χ4v) is 3.28. The second-order valence-electron chi connectivity index (χ2n) is 6.93. The number of amides is 1. The highest BCUT2D eigenvalue weighted by Crippen LogP contribution is 2.28. The number of likely N-dealkylation sites (tertiary alicyclic amines) is 1. The monoisotopic (exact) mass is 300 g/mol. The van der Waals surface area contributed by atoms with Gasteiger partial charge < -0.3 is 10.2 Å². The van der Waals surface area contributed by atoms with Gasteiger partial charge in [-0.3, -0.25) is 4.79 Å². The van der Waals surface area contributed by atoms with Crippen molar-refractivity contribution >= 4 is 5.91 Å². The molecule has 1 aromatic rings. The summed E-state index contributed by atoms with van der Waals surface area (Å²) in [6.45, 7) is 5.16. The number of piperidine rings is 1. The number of carbonyl (C=O) groups excluding carboxylic acids is 1. The van der Waals surface area contributed by atoms with Crippen molar-refractivity contribution in [1.82, 2.24) is 10.2 Å². The Morgan fingerprint density at radius 1 is 1.18 bits per heavy atom. The van der Waals surface area contributed by atoms with E-state index in [2.05, 4.69) is 41.4 Å². The molecule has 1 saturated heterocycles. The summed E-state index contributed by atoms with van der Waals surface area (Å²) in [5.74, 6) is 1.26. The van der Waals surface area contributed by atoms with Crippen LogP contribution in [0.4, 0.5) is 0 Å². The molecule has 3 rings (SSSR count).